The second-order valence-electron chi connectivity index (χ2n) is 12.6. The summed E-state index contributed by atoms with van der Waals surface area (Å²) in [7, 11) is -1.32. The molecule has 215 valence electrons. The summed E-state index contributed by atoms with van der Waals surface area (Å²) in [6.45, 7) is 7.28. The van der Waals surface area contributed by atoms with Gasteiger partial charge in [0, 0.05) is 0 Å². The first-order valence-corrected chi connectivity index (χ1v) is 20.1. The van der Waals surface area contributed by atoms with Crippen LogP contribution in [0.4, 0.5) is 0 Å². The molecule has 37 heavy (non-hydrogen) atoms. The highest BCUT2D eigenvalue weighted by atomic mass is 28.3. The van der Waals surface area contributed by atoms with E-state index in [0.717, 1.165) is 0 Å². The minimum atomic E-state index is -1.32. The molecule has 1 rings (SSSR count). The van der Waals surface area contributed by atoms with Gasteiger partial charge >= 0.3 is 0 Å². The molecule has 1 radical (unpaired) electrons. The minimum absolute atomic E-state index is 1.31. The molecule has 0 heterocycles. The first-order chi connectivity index (χ1) is 18.2. The average Bonchev–Trinajstić information content (AvgIpc) is 2.91. The van der Waals surface area contributed by atoms with Crippen molar-refractivity contribution in [3.8, 4) is 0 Å². The quantitative estimate of drug-likeness (QED) is 0.0750. The Hall–Kier alpha value is -0.563. The fraction of sp³-hybridized carbons (Fsp3) is 0.806. The maximum atomic E-state index is 2.67. The van der Waals surface area contributed by atoms with Crippen molar-refractivity contribution >= 4 is 13.3 Å². The maximum Gasteiger partial charge on any atom is 0.0836 e. The van der Waals surface area contributed by atoms with E-state index in [1.807, 2.05) is 0 Å². The fourth-order valence-electron chi connectivity index (χ4n) is 5.73. The second-order valence-corrected chi connectivity index (χ2v) is 17.0. The third-order valence-corrected chi connectivity index (χ3v) is 11.6. The maximum absolute atomic E-state index is 2.67. The Labute approximate surface area is 236 Å². The van der Waals surface area contributed by atoms with Gasteiger partial charge in [0.2, 0.25) is 0 Å². The van der Waals surface area contributed by atoms with Crippen LogP contribution in [0.1, 0.15) is 174 Å². The van der Waals surface area contributed by atoms with Crippen molar-refractivity contribution in [1.82, 2.24) is 0 Å². The van der Waals surface area contributed by atoms with Crippen LogP contribution >= 0.6 is 0 Å². The molecule has 1 heteroatoms. The van der Waals surface area contributed by atoms with E-state index < -0.39 is 8.07 Å². The zero-order chi connectivity index (χ0) is 26.7. The van der Waals surface area contributed by atoms with Gasteiger partial charge in [0.05, 0.1) is 8.07 Å². The highest BCUT2D eigenvalue weighted by Crippen LogP contribution is 2.17. The van der Waals surface area contributed by atoms with Crippen molar-refractivity contribution in [1.29, 1.82) is 0 Å². The van der Waals surface area contributed by atoms with Gasteiger partial charge in [0.25, 0.3) is 0 Å². The second kappa shape index (κ2) is 25.7. The summed E-state index contributed by atoms with van der Waals surface area (Å²) in [5.41, 5.74) is 0. The molecule has 0 saturated heterocycles. The number of hydrogen-bond acceptors (Lipinski definition) is 0. The van der Waals surface area contributed by atoms with Crippen molar-refractivity contribution in [3.05, 3.63) is 36.4 Å². The predicted octanol–water partition coefficient (Wildman–Crippen LogP) is 12.5. The Bertz CT molecular complexity index is 563. The Kier molecular flexibility index (Phi) is 23.9. The molecule has 0 aliphatic carbocycles. The van der Waals surface area contributed by atoms with Crippen LogP contribution in [-0.4, -0.2) is 8.07 Å². The van der Waals surface area contributed by atoms with E-state index in [4.69, 9.17) is 0 Å². The smallest absolute Gasteiger partial charge is 0.0654 e. The molecule has 0 aliphatic heterocycles. The SMILES string of the molecule is CCCCCCCCCCCCCCCCCCCCCCCCCCC[CH][Si](C)(C)c1ccccc1. The summed E-state index contributed by atoms with van der Waals surface area (Å²) in [6, 6.07) is 13.8. The standard InChI is InChI=1S/C36H67Si/c1-4-5-6-7-8-9-10-11-12-13-14-15-16-17-18-19-20-21-22-23-24-25-26-27-28-32-35-37(2,3)36-33-30-29-31-34-36/h29-31,33-35H,4-28,32H2,1-3H3. The van der Waals surface area contributed by atoms with Crippen molar-refractivity contribution in [2.24, 2.45) is 0 Å². The summed E-state index contributed by atoms with van der Waals surface area (Å²) in [4.78, 5) is 0. The van der Waals surface area contributed by atoms with Crippen LogP contribution in [0.25, 0.3) is 0 Å². The molecular formula is C36H67Si. The van der Waals surface area contributed by atoms with Gasteiger partial charge in [-0.3, -0.25) is 0 Å². The minimum Gasteiger partial charge on any atom is -0.0654 e. The molecular weight excluding hydrogens is 460 g/mol. The molecule has 0 nitrogen and oxygen atoms in total. The van der Waals surface area contributed by atoms with Crippen LogP contribution in [0.15, 0.2) is 30.3 Å². The molecule has 0 saturated carbocycles. The van der Waals surface area contributed by atoms with Gasteiger partial charge in [-0.1, -0.05) is 222 Å². The van der Waals surface area contributed by atoms with Gasteiger partial charge in [0.15, 0.2) is 0 Å². The van der Waals surface area contributed by atoms with Crippen molar-refractivity contribution in [2.75, 3.05) is 0 Å². The van der Waals surface area contributed by atoms with Crippen molar-refractivity contribution in [2.45, 2.75) is 187 Å². The number of benzene rings is 1. The Balaban J connectivity index is 1.70. The van der Waals surface area contributed by atoms with E-state index in [9.17, 15) is 0 Å². The lowest BCUT2D eigenvalue weighted by Crippen LogP contribution is -2.42. The molecule has 0 unspecified atom stereocenters. The first-order valence-electron chi connectivity index (χ1n) is 17.1. The molecule has 0 N–H and O–H groups in total. The van der Waals surface area contributed by atoms with Crippen LogP contribution < -0.4 is 5.19 Å². The van der Waals surface area contributed by atoms with Crippen LogP contribution in [0, 0.1) is 6.04 Å². The summed E-state index contributed by atoms with van der Waals surface area (Å²) >= 11 is 0. The average molecular weight is 528 g/mol. The van der Waals surface area contributed by atoms with Gasteiger partial charge in [-0.15, -0.1) is 0 Å². The fourth-order valence-corrected chi connectivity index (χ4v) is 7.94. The molecule has 1 aromatic rings. The summed E-state index contributed by atoms with van der Waals surface area (Å²) in [5, 5.41) is 1.58. The monoisotopic (exact) mass is 528 g/mol. The number of hydrogen-bond donors (Lipinski definition) is 0. The molecule has 0 atom stereocenters. The number of rotatable bonds is 28. The van der Waals surface area contributed by atoms with Gasteiger partial charge in [-0.25, -0.2) is 0 Å². The van der Waals surface area contributed by atoms with Gasteiger partial charge in [-0.2, -0.15) is 0 Å². The third-order valence-electron chi connectivity index (χ3n) is 8.48. The van der Waals surface area contributed by atoms with Crippen LogP contribution in [0.5, 0.6) is 0 Å². The third kappa shape index (κ3) is 22.0. The molecule has 1 aromatic carbocycles. The lowest BCUT2D eigenvalue weighted by Gasteiger charge is -2.22. The van der Waals surface area contributed by atoms with Gasteiger partial charge < -0.3 is 0 Å². The zero-order valence-corrected chi connectivity index (χ0v) is 26.8. The zero-order valence-electron chi connectivity index (χ0n) is 25.8. The lowest BCUT2D eigenvalue weighted by atomic mass is 10.0. The Morgan fingerprint density at radius 2 is 0.730 bits per heavy atom. The molecule has 0 aliphatic rings. The summed E-state index contributed by atoms with van der Waals surface area (Å²) < 4.78 is 0. The van der Waals surface area contributed by atoms with E-state index in [0.29, 0.717) is 0 Å². The Morgan fingerprint density at radius 1 is 0.432 bits per heavy atom. The molecule has 0 amide bonds. The molecule has 0 bridgehead atoms. The summed E-state index contributed by atoms with van der Waals surface area (Å²) in [5.74, 6) is 0. The van der Waals surface area contributed by atoms with Crippen molar-refractivity contribution in [3.63, 3.8) is 0 Å². The highest BCUT2D eigenvalue weighted by Gasteiger charge is 2.22. The predicted molar refractivity (Wildman–Crippen MR) is 174 cm³/mol. The number of unbranched alkanes of at least 4 members (excludes halogenated alkanes) is 25. The largest absolute Gasteiger partial charge is 0.0836 e. The molecule has 0 spiro atoms. The first kappa shape index (κ1) is 34.5. The van der Waals surface area contributed by atoms with E-state index in [2.05, 4.69) is 56.4 Å². The molecule has 0 fully saturated rings. The van der Waals surface area contributed by atoms with Crippen molar-refractivity contribution < 1.29 is 0 Å². The Morgan fingerprint density at radius 3 is 1.05 bits per heavy atom. The van der Waals surface area contributed by atoms with Crippen LogP contribution in [0.3, 0.4) is 0 Å². The highest BCUT2D eigenvalue weighted by molar-refractivity contribution is 6.92. The van der Waals surface area contributed by atoms with Crippen LogP contribution in [-0.2, 0) is 0 Å². The van der Waals surface area contributed by atoms with E-state index in [1.165, 1.54) is 167 Å². The van der Waals surface area contributed by atoms with E-state index in [-0.39, 0.29) is 0 Å². The summed E-state index contributed by atoms with van der Waals surface area (Å²) in [6.07, 6.45) is 38.0. The van der Waals surface area contributed by atoms with Gasteiger partial charge in [0.1, 0.15) is 0 Å². The van der Waals surface area contributed by atoms with Gasteiger partial charge in [-0.05, 0) is 6.04 Å². The lowest BCUT2D eigenvalue weighted by molar-refractivity contribution is 0.516. The van der Waals surface area contributed by atoms with E-state index >= 15 is 0 Å². The topological polar surface area (TPSA) is 0 Å². The van der Waals surface area contributed by atoms with Crippen LogP contribution in [0.2, 0.25) is 13.1 Å². The normalized spacial score (nSPS) is 11.9. The molecule has 0 aromatic heterocycles. The van der Waals surface area contributed by atoms with E-state index in [1.54, 1.807) is 5.19 Å².